The molecule has 0 aliphatic rings. The molecule has 0 radical (unpaired) electrons. The molecule has 0 bridgehead atoms. The minimum atomic E-state index is -3.77. The maximum absolute atomic E-state index is 13.7. The van der Waals surface area contributed by atoms with Gasteiger partial charge in [0.25, 0.3) is 10.0 Å². The van der Waals surface area contributed by atoms with Crippen molar-refractivity contribution in [3.8, 4) is 11.5 Å². The quantitative estimate of drug-likeness (QED) is 0.349. The SMILES string of the molecule is CCCN(CCOc1ccc(OCC(=O)OC)c(C)c1)S(=O)(=O)c1sc2ccc(F)cc2c1C. The molecule has 1 aromatic heterocycles. The van der Waals surface area contributed by atoms with Crippen LogP contribution in [0.4, 0.5) is 4.39 Å². The maximum Gasteiger partial charge on any atom is 0.343 e. The third-order valence-electron chi connectivity index (χ3n) is 5.23. The highest BCUT2D eigenvalue weighted by Crippen LogP contribution is 2.36. The maximum atomic E-state index is 13.7. The van der Waals surface area contributed by atoms with Gasteiger partial charge in [-0.1, -0.05) is 6.92 Å². The Morgan fingerprint density at radius 1 is 1.09 bits per heavy atom. The molecule has 3 rings (SSSR count). The highest BCUT2D eigenvalue weighted by molar-refractivity contribution is 7.91. The Kier molecular flexibility index (Phi) is 8.51. The number of nitrogens with zero attached hydrogens (tertiary/aromatic N) is 1. The molecule has 0 saturated carbocycles. The van der Waals surface area contributed by atoms with E-state index in [-0.39, 0.29) is 24.0 Å². The van der Waals surface area contributed by atoms with Crippen LogP contribution in [0.2, 0.25) is 0 Å². The van der Waals surface area contributed by atoms with Gasteiger partial charge in [-0.2, -0.15) is 4.31 Å². The molecular formula is C24H28FNO6S2. The summed E-state index contributed by atoms with van der Waals surface area (Å²) >= 11 is 1.15. The van der Waals surface area contributed by atoms with Gasteiger partial charge in [-0.3, -0.25) is 0 Å². The predicted molar refractivity (Wildman–Crippen MR) is 130 cm³/mol. The summed E-state index contributed by atoms with van der Waals surface area (Å²) in [5, 5.41) is 0.612. The standard InChI is InChI=1S/C24H28FNO6S2/c1-5-10-26(34(28,29)24-17(3)20-14-18(25)6-9-22(20)33-24)11-12-31-19-7-8-21(16(2)13-19)32-15-23(27)30-4/h6-9,13-14H,5,10-12,15H2,1-4H3. The molecule has 2 aromatic carbocycles. The fourth-order valence-corrected chi connectivity index (χ4v) is 6.87. The minimum absolute atomic E-state index is 0.152. The average Bonchev–Trinajstić information content (AvgIpc) is 3.14. The van der Waals surface area contributed by atoms with Crippen LogP contribution in [-0.4, -0.2) is 52.1 Å². The van der Waals surface area contributed by atoms with Gasteiger partial charge in [0.1, 0.15) is 28.1 Å². The van der Waals surface area contributed by atoms with Crippen molar-refractivity contribution in [1.29, 1.82) is 0 Å². The molecule has 34 heavy (non-hydrogen) atoms. The third kappa shape index (κ3) is 5.86. The summed E-state index contributed by atoms with van der Waals surface area (Å²) in [6.45, 7) is 5.90. The lowest BCUT2D eigenvalue weighted by atomic mass is 10.2. The van der Waals surface area contributed by atoms with Gasteiger partial charge in [0.05, 0.1) is 7.11 Å². The molecule has 3 aromatic rings. The molecule has 0 fully saturated rings. The zero-order chi connectivity index (χ0) is 24.9. The largest absolute Gasteiger partial charge is 0.492 e. The first-order valence-corrected chi connectivity index (χ1v) is 13.0. The molecule has 0 saturated heterocycles. The summed E-state index contributed by atoms with van der Waals surface area (Å²) in [6.07, 6.45) is 0.642. The van der Waals surface area contributed by atoms with E-state index in [9.17, 15) is 17.6 Å². The number of rotatable bonds is 11. The number of esters is 1. The highest BCUT2D eigenvalue weighted by atomic mass is 32.2. The number of hydrogen-bond donors (Lipinski definition) is 0. The van der Waals surface area contributed by atoms with E-state index in [1.165, 1.54) is 23.5 Å². The van der Waals surface area contributed by atoms with Gasteiger partial charge < -0.3 is 14.2 Å². The minimum Gasteiger partial charge on any atom is -0.492 e. The lowest BCUT2D eigenvalue weighted by molar-refractivity contribution is -0.142. The van der Waals surface area contributed by atoms with Gasteiger partial charge >= 0.3 is 5.97 Å². The number of sulfonamides is 1. The van der Waals surface area contributed by atoms with Crippen molar-refractivity contribution in [1.82, 2.24) is 4.31 Å². The van der Waals surface area contributed by atoms with Crippen LogP contribution in [0.15, 0.2) is 40.6 Å². The zero-order valence-electron chi connectivity index (χ0n) is 19.6. The Labute approximate surface area is 203 Å². The van der Waals surface area contributed by atoms with E-state index in [2.05, 4.69) is 4.74 Å². The zero-order valence-corrected chi connectivity index (χ0v) is 21.2. The van der Waals surface area contributed by atoms with Gasteiger partial charge in [-0.15, -0.1) is 11.3 Å². The lowest BCUT2D eigenvalue weighted by Gasteiger charge is -2.21. The Hall–Kier alpha value is -2.69. The van der Waals surface area contributed by atoms with Gasteiger partial charge in [-0.25, -0.2) is 17.6 Å². The van der Waals surface area contributed by atoms with Crippen LogP contribution in [-0.2, 0) is 19.6 Å². The molecule has 0 unspecified atom stereocenters. The summed E-state index contributed by atoms with van der Waals surface area (Å²) in [6, 6.07) is 9.46. The van der Waals surface area contributed by atoms with Crippen LogP contribution in [0.1, 0.15) is 24.5 Å². The normalized spacial score (nSPS) is 11.7. The van der Waals surface area contributed by atoms with Crippen molar-refractivity contribution in [2.45, 2.75) is 31.4 Å². The first-order chi connectivity index (χ1) is 16.2. The molecule has 1 heterocycles. The molecule has 0 aliphatic heterocycles. The Morgan fingerprint density at radius 3 is 2.53 bits per heavy atom. The summed E-state index contributed by atoms with van der Waals surface area (Å²) in [7, 11) is -2.48. The molecule has 7 nitrogen and oxygen atoms in total. The smallest absolute Gasteiger partial charge is 0.343 e. The Morgan fingerprint density at radius 2 is 1.85 bits per heavy atom. The first-order valence-electron chi connectivity index (χ1n) is 10.8. The second kappa shape index (κ2) is 11.2. The molecule has 0 amide bonds. The van der Waals surface area contributed by atoms with Crippen LogP contribution in [0, 0.1) is 19.7 Å². The number of ether oxygens (including phenoxy) is 3. The topological polar surface area (TPSA) is 82.1 Å². The van der Waals surface area contributed by atoms with Crippen molar-refractivity contribution in [3.63, 3.8) is 0 Å². The summed E-state index contributed by atoms with van der Waals surface area (Å²) in [4.78, 5) is 11.3. The van der Waals surface area contributed by atoms with E-state index < -0.39 is 21.8 Å². The summed E-state index contributed by atoms with van der Waals surface area (Å²) in [5.41, 5.74) is 1.33. The van der Waals surface area contributed by atoms with Crippen LogP contribution in [0.25, 0.3) is 10.1 Å². The number of benzene rings is 2. The molecule has 184 valence electrons. The number of hydrogen-bond acceptors (Lipinski definition) is 7. The molecule has 0 atom stereocenters. The number of aryl methyl sites for hydroxylation is 2. The number of carbonyl (C=O) groups is 1. The van der Waals surface area contributed by atoms with E-state index >= 15 is 0 Å². The van der Waals surface area contributed by atoms with Crippen molar-refractivity contribution in [2.75, 3.05) is 33.4 Å². The van der Waals surface area contributed by atoms with E-state index in [4.69, 9.17) is 9.47 Å². The Bertz CT molecular complexity index is 1270. The number of halogens is 1. The molecule has 0 N–H and O–H groups in total. The summed E-state index contributed by atoms with van der Waals surface area (Å²) in [5.74, 6) is 0.221. The lowest BCUT2D eigenvalue weighted by Crippen LogP contribution is -2.35. The second-order valence-electron chi connectivity index (χ2n) is 7.70. The fourth-order valence-electron chi connectivity index (χ4n) is 3.47. The van der Waals surface area contributed by atoms with Gasteiger partial charge in [0.15, 0.2) is 6.61 Å². The van der Waals surface area contributed by atoms with Gasteiger partial charge in [0.2, 0.25) is 0 Å². The van der Waals surface area contributed by atoms with Crippen LogP contribution in [0.3, 0.4) is 0 Å². The van der Waals surface area contributed by atoms with Gasteiger partial charge in [0, 0.05) is 17.8 Å². The monoisotopic (exact) mass is 509 g/mol. The van der Waals surface area contributed by atoms with E-state index in [1.54, 1.807) is 31.2 Å². The summed E-state index contributed by atoms with van der Waals surface area (Å²) < 4.78 is 58.7. The van der Waals surface area contributed by atoms with Crippen molar-refractivity contribution in [3.05, 3.63) is 53.3 Å². The van der Waals surface area contributed by atoms with Crippen LogP contribution < -0.4 is 9.47 Å². The number of fused-ring (bicyclic) bond motifs is 1. The van der Waals surface area contributed by atoms with Crippen molar-refractivity contribution >= 4 is 37.4 Å². The number of methoxy groups -OCH3 is 1. The number of carbonyl (C=O) groups excluding carboxylic acids is 1. The molecule has 10 heteroatoms. The van der Waals surface area contributed by atoms with Crippen LogP contribution in [0.5, 0.6) is 11.5 Å². The predicted octanol–water partition coefficient (Wildman–Crippen LogP) is 4.69. The van der Waals surface area contributed by atoms with E-state index in [0.717, 1.165) is 21.6 Å². The second-order valence-corrected chi connectivity index (χ2v) is 10.9. The highest BCUT2D eigenvalue weighted by Gasteiger charge is 2.28. The number of thiophene rings is 1. The van der Waals surface area contributed by atoms with Gasteiger partial charge in [-0.05, 0) is 73.2 Å². The van der Waals surface area contributed by atoms with Crippen molar-refractivity contribution < 1.29 is 31.8 Å². The molecule has 0 aliphatic carbocycles. The van der Waals surface area contributed by atoms with E-state index in [1.807, 2.05) is 13.8 Å². The van der Waals surface area contributed by atoms with Crippen LogP contribution >= 0.6 is 11.3 Å². The molecular weight excluding hydrogens is 481 g/mol. The third-order valence-corrected chi connectivity index (χ3v) is 9.00. The first kappa shape index (κ1) is 25.9. The van der Waals surface area contributed by atoms with E-state index in [0.29, 0.717) is 35.4 Å². The average molecular weight is 510 g/mol. The van der Waals surface area contributed by atoms with Crippen molar-refractivity contribution in [2.24, 2.45) is 0 Å². The molecule has 0 spiro atoms. The Balaban J connectivity index is 1.70. The fraction of sp³-hybridized carbons (Fsp3) is 0.375.